The van der Waals surface area contributed by atoms with Crippen molar-refractivity contribution in [2.75, 3.05) is 0 Å². The summed E-state index contributed by atoms with van der Waals surface area (Å²) in [4.78, 5) is 0. The molecular formula is C17H32. The fourth-order valence-electron chi connectivity index (χ4n) is 3.38. The summed E-state index contributed by atoms with van der Waals surface area (Å²) in [5.74, 6) is 1.96. The molecule has 1 fully saturated rings. The zero-order valence-electron chi connectivity index (χ0n) is 11.9. The van der Waals surface area contributed by atoms with Gasteiger partial charge in [0.15, 0.2) is 0 Å². The van der Waals surface area contributed by atoms with Gasteiger partial charge in [0.05, 0.1) is 0 Å². The molecule has 0 aromatic rings. The summed E-state index contributed by atoms with van der Waals surface area (Å²) in [6.45, 7) is 6.26. The maximum Gasteiger partial charge on any atom is -0.0322 e. The van der Waals surface area contributed by atoms with Crippen molar-refractivity contribution >= 4 is 0 Å². The highest BCUT2D eigenvalue weighted by molar-refractivity contribution is 4.80. The van der Waals surface area contributed by atoms with Gasteiger partial charge in [-0.2, -0.15) is 0 Å². The molecule has 0 radical (unpaired) electrons. The Balaban J connectivity index is 2.31. The Morgan fingerprint density at radius 2 is 1.76 bits per heavy atom. The monoisotopic (exact) mass is 236 g/mol. The molecule has 1 saturated carbocycles. The van der Waals surface area contributed by atoms with Gasteiger partial charge in [-0.3, -0.25) is 0 Å². The Hall–Kier alpha value is -0.260. The van der Waals surface area contributed by atoms with Crippen LogP contribution in [0.2, 0.25) is 0 Å². The van der Waals surface area contributed by atoms with E-state index < -0.39 is 0 Å². The molecule has 1 unspecified atom stereocenters. The molecule has 0 spiro atoms. The highest BCUT2D eigenvalue weighted by atomic mass is 14.3. The predicted molar refractivity (Wildman–Crippen MR) is 78.3 cm³/mol. The van der Waals surface area contributed by atoms with Crippen molar-refractivity contribution in [2.45, 2.75) is 84.0 Å². The molecule has 0 heteroatoms. The van der Waals surface area contributed by atoms with Crippen LogP contribution in [0.4, 0.5) is 0 Å². The maximum atomic E-state index is 3.96. The molecule has 0 aliphatic heterocycles. The van der Waals surface area contributed by atoms with Crippen LogP contribution >= 0.6 is 0 Å². The van der Waals surface area contributed by atoms with Crippen LogP contribution in [-0.4, -0.2) is 0 Å². The third-order valence-electron chi connectivity index (χ3n) is 4.46. The minimum atomic E-state index is 0.947. The molecule has 100 valence electrons. The van der Waals surface area contributed by atoms with Crippen molar-refractivity contribution in [3.8, 4) is 0 Å². The highest BCUT2D eigenvalue weighted by Crippen LogP contribution is 2.34. The standard InChI is InChI=1S/C17H32/c1-3-5-6-9-13-16(12-4-2)17-14-10-7-8-11-15-17/h4,16-17H,2-3,5-15H2,1H3. The summed E-state index contributed by atoms with van der Waals surface area (Å²) in [5, 5.41) is 0. The molecule has 0 nitrogen and oxygen atoms in total. The molecule has 0 saturated heterocycles. The molecule has 1 rings (SSSR count). The first-order valence-corrected chi connectivity index (χ1v) is 7.99. The van der Waals surface area contributed by atoms with Crippen molar-refractivity contribution in [1.29, 1.82) is 0 Å². The van der Waals surface area contributed by atoms with E-state index in [0.29, 0.717) is 0 Å². The molecule has 0 aromatic heterocycles. The first-order chi connectivity index (χ1) is 8.38. The minimum absolute atomic E-state index is 0.947. The van der Waals surface area contributed by atoms with E-state index in [-0.39, 0.29) is 0 Å². The molecule has 17 heavy (non-hydrogen) atoms. The third kappa shape index (κ3) is 6.29. The lowest BCUT2D eigenvalue weighted by molar-refractivity contribution is 0.275. The Kier molecular flexibility index (Phi) is 8.48. The van der Waals surface area contributed by atoms with Gasteiger partial charge in [-0.05, 0) is 24.7 Å². The Morgan fingerprint density at radius 3 is 2.35 bits per heavy atom. The van der Waals surface area contributed by atoms with Crippen LogP contribution in [0.3, 0.4) is 0 Å². The van der Waals surface area contributed by atoms with Crippen LogP contribution in [0.1, 0.15) is 84.0 Å². The average Bonchev–Trinajstić information content (AvgIpc) is 2.62. The van der Waals surface area contributed by atoms with Crippen LogP contribution in [0.15, 0.2) is 12.7 Å². The Labute approximate surface area is 109 Å². The lowest BCUT2D eigenvalue weighted by atomic mass is 9.81. The van der Waals surface area contributed by atoms with Gasteiger partial charge in [0, 0.05) is 0 Å². The normalized spacial score (nSPS) is 19.8. The molecule has 1 aliphatic carbocycles. The average molecular weight is 236 g/mol. The van der Waals surface area contributed by atoms with E-state index in [1.165, 1.54) is 77.0 Å². The number of hydrogen-bond acceptors (Lipinski definition) is 0. The topological polar surface area (TPSA) is 0 Å². The smallest absolute Gasteiger partial charge is 0.0322 e. The second-order valence-corrected chi connectivity index (χ2v) is 5.89. The van der Waals surface area contributed by atoms with E-state index >= 15 is 0 Å². The van der Waals surface area contributed by atoms with E-state index in [1.807, 2.05) is 0 Å². The molecular weight excluding hydrogens is 204 g/mol. The van der Waals surface area contributed by atoms with Gasteiger partial charge in [0.2, 0.25) is 0 Å². The second kappa shape index (κ2) is 9.74. The van der Waals surface area contributed by atoms with Crippen molar-refractivity contribution in [3.63, 3.8) is 0 Å². The van der Waals surface area contributed by atoms with E-state index in [2.05, 4.69) is 19.6 Å². The van der Waals surface area contributed by atoms with Gasteiger partial charge in [0.25, 0.3) is 0 Å². The minimum Gasteiger partial charge on any atom is -0.103 e. The lowest BCUT2D eigenvalue weighted by Crippen LogP contribution is -2.14. The van der Waals surface area contributed by atoms with Crippen LogP contribution < -0.4 is 0 Å². The molecule has 0 amide bonds. The molecule has 1 atom stereocenters. The zero-order chi connectivity index (χ0) is 12.3. The summed E-state index contributed by atoms with van der Waals surface area (Å²) in [6, 6.07) is 0. The zero-order valence-corrected chi connectivity index (χ0v) is 11.9. The van der Waals surface area contributed by atoms with Gasteiger partial charge < -0.3 is 0 Å². The largest absolute Gasteiger partial charge is 0.103 e. The maximum absolute atomic E-state index is 3.96. The summed E-state index contributed by atoms with van der Waals surface area (Å²) >= 11 is 0. The van der Waals surface area contributed by atoms with Crippen molar-refractivity contribution in [3.05, 3.63) is 12.7 Å². The Morgan fingerprint density at radius 1 is 1.06 bits per heavy atom. The number of allylic oxidation sites excluding steroid dienone is 1. The Bertz CT molecular complexity index is 174. The molecule has 1 aliphatic rings. The highest BCUT2D eigenvalue weighted by Gasteiger charge is 2.21. The fourth-order valence-corrected chi connectivity index (χ4v) is 3.38. The van der Waals surface area contributed by atoms with Crippen LogP contribution in [-0.2, 0) is 0 Å². The first-order valence-electron chi connectivity index (χ1n) is 7.99. The summed E-state index contributed by atoms with van der Waals surface area (Å²) < 4.78 is 0. The third-order valence-corrected chi connectivity index (χ3v) is 4.46. The lowest BCUT2D eigenvalue weighted by Gasteiger charge is -2.25. The number of hydrogen-bond donors (Lipinski definition) is 0. The SMILES string of the molecule is C=CCC(CCCCCC)C1CCCCCC1. The van der Waals surface area contributed by atoms with Crippen molar-refractivity contribution < 1.29 is 0 Å². The predicted octanol–water partition coefficient (Wildman–Crippen LogP) is 6.12. The van der Waals surface area contributed by atoms with Crippen LogP contribution in [0.25, 0.3) is 0 Å². The molecule has 0 bridgehead atoms. The summed E-state index contributed by atoms with van der Waals surface area (Å²) in [5.41, 5.74) is 0. The van der Waals surface area contributed by atoms with E-state index in [1.54, 1.807) is 0 Å². The van der Waals surface area contributed by atoms with Gasteiger partial charge in [0.1, 0.15) is 0 Å². The van der Waals surface area contributed by atoms with Gasteiger partial charge in [-0.25, -0.2) is 0 Å². The second-order valence-electron chi connectivity index (χ2n) is 5.89. The molecule has 0 N–H and O–H groups in total. The van der Waals surface area contributed by atoms with Crippen LogP contribution in [0, 0.1) is 11.8 Å². The fraction of sp³-hybridized carbons (Fsp3) is 0.882. The van der Waals surface area contributed by atoms with Crippen molar-refractivity contribution in [1.82, 2.24) is 0 Å². The number of unbranched alkanes of at least 4 members (excludes halogenated alkanes) is 3. The molecule has 0 heterocycles. The van der Waals surface area contributed by atoms with Gasteiger partial charge >= 0.3 is 0 Å². The van der Waals surface area contributed by atoms with E-state index in [9.17, 15) is 0 Å². The quantitative estimate of drug-likeness (QED) is 0.270. The molecule has 0 aromatic carbocycles. The number of rotatable bonds is 8. The van der Waals surface area contributed by atoms with Crippen molar-refractivity contribution in [2.24, 2.45) is 11.8 Å². The first kappa shape index (κ1) is 14.8. The van der Waals surface area contributed by atoms with E-state index in [0.717, 1.165) is 11.8 Å². The summed E-state index contributed by atoms with van der Waals surface area (Å²) in [6.07, 6.45) is 19.4. The van der Waals surface area contributed by atoms with E-state index in [4.69, 9.17) is 0 Å². The van der Waals surface area contributed by atoms with Gasteiger partial charge in [-0.1, -0.05) is 77.2 Å². The van der Waals surface area contributed by atoms with Crippen LogP contribution in [0.5, 0.6) is 0 Å². The summed E-state index contributed by atoms with van der Waals surface area (Å²) in [7, 11) is 0. The van der Waals surface area contributed by atoms with Gasteiger partial charge in [-0.15, -0.1) is 6.58 Å².